The molecule has 0 aliphatic carbocycles. The summed E-state index contributed by atoms with van der Waals surface area (Å²) in [5.74, 6) is 0.507. The Morgan fingerprint density at radius 1 is 1.36 bits per heavy atom. The summed E-state index contributed by atoms with van der Waals surface area (Å²) < 4.78 is 59.4. The van der Waals surface area contributed by atoms with Gasteiger partial charge in [-0.3, -0.25) is 0 Å². The minimum atomic E-state index is -5.43. The first-order valence-corrected chi connectivity index (χ1v) is 6.11. The van der Waals surface area contributed by atoms with Crippen LogP contribution in [0.2, 0.25) is 0 Å². The van der Waals surface area contributed by atoms with Crippen molar-refractivity contribution in [2.24, 2.45) is 5.92 Å². The van der Waals surface area contributed by atoms with E-state index in [1.165, 1.54) is 0 Å². The SMILES string of the molecule is CC(C)CCSOS(=O)(=O)C(F)(F)F. The highest BCUT2D eigenvalue weighted by Gasteiger charge is 2.47. The molecule has 0 aromatic carbocycles. The first-order valence-electron chi connectivity index (χ1n) is 3.79. The first-order chi connectivity index (χ1) is 6.17. The average Bonchev–Trinajstić information content (AvgIpc) is 1.95. The van der Waals surface area contributed by atoms with E-state index >= 15 is 0 Å². The number of hydrogen-bond donors (Lipinski definition) is 0. The van der Waals surface area contributed by atoms with E-state index in [9.17, 15) is 21.6 Å². The van der Waals surface area contributed by atoms with Crippen LogP contribution in [-0.4, -0.2) is 19.7 Å². The van der Waals surface area contributed by atoms with Crippen LogP contribution in [-0.2, 0) is 13.7 Å². The lowest BCUT2D eigenvalue weighted by Crippen LogP contribution is -2.23. The van der Waals surface area contributed by atoms with Gasteiger partial charge >= 0.3 is 15.6 Å². The van der Waals surface area contributed by atoms with Crippen molar-refractivity contribution in [1.29, 1.82) is 0 Å². The van der Waals surface area contributed by atoms with Gasteiger partial charge in [0.1, 0.15) is 0 Å². The van der Waals surface area contributed by atoms with E-state index in [-0.39, 0.29) is 5.75 Å². The standard InChI is InChI=1S/C6H11F3O3S2/c1-5(2)3-4-13-12-14(10,11)6(7,8)9/h5H,3-4H2,1-2H3. The van der Waals surface area contributed by atoms with Gasteiger partial charge in [0, 0.05) is 17.8 Å². The Bertz CT molecular complexity index is 258. The maximum absolute atomic E-state index is 11.7. The number of rotatable bonds is 5. The minimum Gasteiger partial charge on any atom is -0.191 e. The van der Waals surface area contributed by atoms with Gasteiger partial charge in [0.15, 0.2) is 0 Å². The fourth-order valence-electron chi connectivity index (χ4n) is 0.420. The molecule has 0 radical (unpaired) electrons. The van der Waals surface area contributed by atoms with Crippen molar-refractivity contribution in [3.63, 3.8) is 0 Å². The van der Waals surface area contributed by atoms with E-state index in [0.29, 0.717) is 24.4 Å². The smallest absolute Gasteiger partial charge is 0.191 e. The summed E-state index contributed by atoms with van der Waals surface area (Å²) in [6.07, 6.45) is 0.595. The van der Waals surface area contributed by atoms with E-state index < -0.39 is 15.6 Å². The van der Waals surface area contributed by atoms with E-state index in [2.05, 4.69) is 3.63 Å². The molecule has 0 saturated heterocycles. The molecule has 86 valence electrons. The normalized spacial score (nSPS) is 13.6. The molecule has 0 unspecified atom stereocenters. The summed E-state index contributed by atoms with van der Waals surface area (Å²) in [7, 11) is -5.43. The second-order valence-corrected chi connectivity index (χ2v) is 5.53. The van der Waals surface area contributed by atoms with Crippen LogP contribution in [0.3, 0.4) is 0 Å². The lowest BCUT2D eigenvalue weighted by atomic mass is 10.2. The van der Waals surface area contributed by atoms with Crippen molar-refractivity contribution in [1.82, 2.24) is 0 Å². The zero-order valence-corrected chi connectivity index (χ0v) is 9.30. The van der Waals surface area contributed by atoms with Gasteiger partial charge in [-0.15, -0.1) is 0 Å². The van der Waals surface area contributed by atoms with Gasteiger partial charge in [-0.2, -0.15) is 25.2 Å². The molecule has 0 heterocycles. The lowest BCUT2D eigenvalue weighted by Gasteiger charge is -2.07. The van der Waals surface area contributed by atoms with Crippen LogP contribution in [0.25, 0.3) is 0 Å². The van der Waals surface area contributed by atoms with Crippen molar-refractivity contribution in [2.75, 3.05) is 5.75 Å². The zero-order chi connectivity index (χ0) is 11.4. The van der Waals surface area contributed by atoms with Gasteiger partial charge in [0.25, 0.3) is 0 Å². The first kappa shape index (κ1) is 14.1. The lowest BCUT2D eigenvalue weighted by molar-refractivity contribution is -0.0494. The summed E-state index contributed by atoms with van der Waals surface area (Å²) in [4.78, 5) is 0. The Hall–Kier alpha value is 0.0500. The monoisotopic (exact) mass is 252 g/mol. The molecule has 0 atom stereocenters. The number of hydrogen-bond acceptors (Lipinski definition) is 4. The molecule has 0 saturated carbocycles. The van der Waals surface area contributed by atoms with E-state index in [1.807, 2.05) is 13.8 Å². The molecule has 0 aliphatic heterocycles. The van der Waals surface area contributed by atoms with Crippen molar-refractivity contribution in [2.45, 2.75) is 25.8 Å². The predicted octanol–water partition coefficient (Wildman–Crippen LogP) is 2.55. The van der Waals surface area contributed by atoms with Gasteiger partial charge in [-0.1, -0.05) is 13.8 Å². The van der Waals surface area contributed by atoms with Gasteiger partial charge in [-0.25, -0.2) is 0 Å². The van der Waals surface area contributed by atoms with Crippen LogP contribution in [0.15, 0.2) is 0 Å². The Labute approximate surface area is 85.3 Å². The van der Waals surface area contributed by atoms with Crippen LogP contribution < -0.4 is 0 Å². The van der Waals surface area contributed by atoms with E-state index in [4.69, 9.17) is 0 Å². The molecule has 0 aromatic heterocycles. The van der Waals surface area contributed by atoms with E-state index in [1.54, 1.807) is 0 Å². The molecular weight excluding hydrogens is 241 g/mol. The maximum Gasteiger partial charge on any atom is 0.524 e. The summed E-state index contributed by atoms with van der Waals surface area (Å²) in [6, 6.07) is 0. The Balaban J connectivity index is 3.91. The zero-order valence-electron chi connectivity index (χ0n) is 7.67. The van der Waals surface area contributed by atoms with Crippen molar-refractivity contribution in [3.8, 4) is 0 Å². The molecule has 0 spiro atoms. The topological polar surface area (TPSA) is 43.4 Å². The molecule has 0 fully saturated rings. The molecule has 0 aromatic rings. The Kier molecular flexibility index (Phi) is 5.24. The molecule has 0 amide bonds. The fourth-order valence-corrected chi connectivity index (χ4v) is 2.07. The molecule has 3 nitrogen and oxygen atoms in total. The molecule has 0 aliphatic rings. The van der Waals surface area contributed by atoms with Crippen LogP contribution >= 0.6 is 12.0 Å². The van der Waals surface area contributed by atoms with Crippen LogP contribution in [0.4, 0.5) is 13.2 Å². The quantitative estimate of drug-likeness (QED) is 0.428. The number of alkyl halides is 3. The molecule has 0 rings (SSSR count). The predicted molar refractivity (Wildman–Crippen MR) is 48.0 cm³/mol. The minimum absolute atomic E-state index is 0.215. The highest BCUT2D eigenvalue weighted by Crippen LogP contribution is 2.28. The Morgan fingerprint density at radius 3 is 2.21 bits per heavy atom. The van der Waals surface area contributed by atoms with Gasteiger partial charge in [-0.05, 0) is 12.3 Å². The highest BCUT2D eigenvalue weighted by molar-refractivity contribution is 8.04. The summed E-state index contributed by atoms with van der Waals surface area (Å²) >= 11 is 0.307. The third-order valence-electron chi connectivity index (χ3n) is 1.20. The third kappa shape index (κ3) is 5.06. The average molecular weight is 252 g/mol. The third-order valence-corrected chi connectivity index (χ3v) is 3.27. The molecule has 0 bridgehead atoms. The van der Waals surface area contributed by atoms with Crippen LogP contribution in [0.5, 0.6) is 0 Å². The summed E-state index contributed by atoms with van der Waals surface area (Å²) in [5, 5.41) is 0. The van der Waals surface area contributed by atoms with Crippen molar-refractivity contribution in [3.05, 3.63) is 0 Å². The molecule has 8 heteroatoms. The summed E-state index contributed by atoms with van der Waals surface area (Å²) in [6.45, 7) is 3.75. The van der Waals surface area contributed by atoms with Gasteiger partial charge < -0.3 is 0 Å². The second-order valence-electron chi connectivity index (χ2n) is 2.97. The molecule has 0 N–H and O–H groups in total. The Morgan fingerprint density at radius 2 is 1.86 bits per heavy atom. The fraction of sp³-hybridized carbons (Fsp3) is 1.00. The van der Waals surface area contributed by atoms with Crippen LogP contribution in [0.1, 0.15) is 20.3 Å². The van der Waals surface area contributed by atoms with Gasteiger partial charge in [0.2, 0.25) is 0 Å². The highest BCUT2D eigenvalue weighted by atomic mass is 32.3. The van der Waals surface area contributed by atoms with Gasteiger partial charge in [0.05, 0.1) is 0 Å². The van der Waals surface area contributed by atoms with Crippen molar-refractivity contribution < 1.29 is 25.2 Å². The number of halogens is 3. The second kappa shape index (κ2) is 5.22. The maximum atomic E-state index is 11.7. The molecule has 14 heavy (non-hydrogen) atoms. The molecular formula is C6H11F3O3S2. The summed E-state index contributed by atoms with van der Waals surface area (Å²) in [5.41, 5.74) is -5.34. The van der Waals surface area contributed by atoms with E-state index in [0.717, 1.165) is 0 Å². The van der Waals surface area contributed by atoms with Crippen LogP contribution in [0, 0.1) is 5.92 Å². The largest absolute Gasteiger partial charge is 0.524 e. The van der Waals surface area contributed by atoms with Crippen molar-refractivity contribution >= 4 is 22.2 Å².